The van der Waals surface area contributed by atoms with E-state index in [0.29, 0.717) is 12.1 Å². The molecule has 1 aromatic heterocycles. The molecule has 0 atom stereocenters. The number of hydrogen-bond acceptors (Lipinski definition) is 2. The van der Waals surface area contributed by atoms with Crippen LogP contribution >= 0.6 is 0 Å². The maximum Gasteiger partial charge on any atom is 0.123 e. The van der Waals surface area contributed by atoms with E-state index in [-0.39, 0.29) is 0 Å². The summed E-state index contributed by atoms with van der Waals surface area (Å²) in [4.78, 5) is 0. The van der Waals surface area contributed by atoms with E-state index >= 15 is 0 Å². The van der Waals surface area contributed by atoms with Crippen LogP contribution in [-0.2, 0) is 6.54 Å². The predicted molar refractivity (Wildman–Crippen MR) is 78.7 cm³/mol. The Bertz CT molecular complexity index is 796. The van der Waals surface area contributed by atoms with Gasteiger partial charge in [0.15, 0.2) is 0 Å². The molecule has 98 valence electrons. The summed E-state index contributed by atoms with van der Waals surface area (Å²) < 4.78 is 7.54. The number of para-hydroxylation sites is 1. The molecular weight excluding hydrogens is 248 g/mol. The molecule has 2 aromatic carbocycles. The van der Waals surface area contributed by atoms with Gasteiger partial charge in [0.25, 0.3) is 0 Å². The van der Waals surface area contributed by atoms with Gasteiger partial charge >= 0.3 is 0 Å². The van der Waals surface area contributed by atoms with Gasteiger partial charge in [-0.3, -0.25) is 0 Å². The van der Waals surface area contributed by atoms with E-state index in [1.807, 2.05) is 24.3 Å². The molecular formula is C17H14N2O. The topological polar surface area (TPSA) is 37.9 Å². The van der Waals surface area contributed by atoms with Crippen LogP contribution in [0.15, 0.2) is 54.7 Å². The monoisotopic (exact) mass is 262 g/mol. The molecule has 0 N–H and O–H groups in total. The zero-order valence-corrected chi connectivity index (χ0v) is 11.2. The molecule has 0 saturated carbocycles. The highest BCUT2D eigenvalue weighted by atomic mass is 16.5. The summed E-state index contributed by atoms with van der Waals surface area (Å²) >= 11 is 0. The number of benzene rings is 2. The first-order chi connectivity index (χ1) is 9.81. The third-order valence-corrected chi connectivity index (χ3v) is 3.43. The highest BCUT2D eigenvalue weighted by molar-refractivity contribution is 5.80. The summed E-state index contributed by atoms with van der Waals surface area (Å²) in [7, 11) is 1.65. The average Bonchev–Trinajstić information content (AvgIpc) is 2.90. The predicted octanol–water partition coefficient (Wildman–Crippen LogP) is 3.57. The molecule has 0 bridgehead atoms. The molecule has 3 heteroatoms. The fraction of sp³-hybridized carbons (Fsp3) is 0.118. The van der Waals surface area contributed by atoms with Crippen LogP contribution in [0.3, 0.4) is 0 Å². The molecule has 3 nitrogen and oxygen atoms in total. The Hall–Kier alpha value is -2.73. The minimum atomic E-state index is 0.650. The Morgan fingerprint density at radius 1 is 1.15 bits per heavy atom. The summed E-state index contributed by atoms with van der Waals surface area (Å²) in [6.45, 7) is 0.687. The number of fused-ring (bicyclic) bond motifs is 1. The second-order valence-corrected chi connectivity index (χ2v) is 4.64. The van der Waals surface area contributed by atoms with Crippen molar-refractivity contribution in [3.8, 4) is 11.8 Å². The van der Waals surface area contributed by atoms with Gasteiger partial charge in [-0.2, -0.15) is 5.26 Å². The lowest BCUT2D eigenvalue weighted by Crippen LogP contribution is -2.01. The molecule has 0 spiro atoms. The zero-order valence-electron chi connectivity index (χ0n) is 11.2. The fourth-order valence-corrected chi connectivity index (χ4v) is 2.43. The fourth-order valence-electron chi connectivity index (χ4n) is 2.43. The van der Waals surface area contributed by atoms with Crippen molar-refractivity contribution < 1.29 is 4.74 Å². The second-order valence-electron chi connectivity index (χ2n) is 4.64. The number of ether oxygens (including phenoxy) is 1. The van der Waals surface area contributed by atoms with Gasteiger partial charge in [0, 0.05) is 17.3 Å². The molecule has 0 aliphatic heterocycles. The Kier molecular flexibility index (Phi) is 3.14. The van der Waals surface area contributed by atoms with E-state index in [1.165, 1.54) is 10.9 Å². The lowest BCUT2D eigenvalue weighted by molar-refractivity contribution is 0.408. The average molecular weight is 262 g/mol. The van der Waals surface area contributed by atoms with Gasteiger partial charge in [-0.05, 0) is 35.7 Å². The van der Waals surface area contributed by atoms with Crippen molar-refractivity contribution in [3.63, 3.8) is 0 Å². The molecule has 20 heavy (non-hydrogen) atoms. The van der Waals surface area contributed by atoms with Gasteiger partial charge in [0.05, 0.1) is 25.3 Å². The summed E-state index contributed by atoms with van der Waals surface area (Å²) in [5.74, 6) is 0.807. The van der Waals surface area contributed by atoms with Crippen molar-refractivity contribution in [2.45, 2.75) is 6.54 Å². The molecule has 0 aliphatic carbocycles. The van der Waals surface area contributed by atoms with E-state index in [2.05, 4.69) is 35.0 Å². The first-order valence-corrected chi connectivity index (χ1v) is 6.42. The Morgan fingerprint density at radius 2 is 2.00 bits per heavy atom. The third-order valence-electron chi connectivity index (χ3n) is 3.43. The molecule has 0 saturated heterocycles. The Labute approximate surface area is 117 Å². The Balaban J connectivity index is 2.04. The maximum atomic E-state index is 9.03. The molecule has 0 radical (unpaired) electrons. The van der Waals surface area contributed by atoms with Gasteiger partial charge in [-0.15, -0.1) is 0 Å². The van der Waals surface area contributed by atoms with Gasteiger partial charge in [-0.1, -0.05) is 18.2 Å². The van der Waals surface area contributed by atoms with Crippen molar-refractivity contribution in [1.29, 1.82) is 5.26 Å². The van der Waals surface area contributed by atoms with Crippen molar-refractivity contribution in [2.24, 2.45) is 0 Å². The molecule has 0 fully saturated rings. The number of aromatic nitrogens is 1. The molecule has 1 heterocycles. The van der Waals surface area contributed by atoms with Gasteiger partial charge in [-0.25, -0.2) is 0 Å². The first kappa shape index (κ1) is 12.3. The minimum Gasteiger partial charge on any atom is -0.496 e. The standard InChI is InChI=1S/C17H14N2O/c1-20-17-7-6-13(11-18)10-15(17)12-19-9-8-14-4-2-3-5-16(14)19/h2-10H,12H2,1H3. The van der Waals surface area contributed by atoms with E-state index < -0.39 is 0 Å². The van der Waals surface area contributed by atoms with Crippen LogP contribution in [-0.4, -0.2) is 11.7 Å². The number of nitrogens with zero attached hydrogens (tertiary/aromatic N) is 2. The molecule has 3 rings (SSSR count). The van der Waals surface area contributed by atoms with E-state index in [1.54, 1.807) is 13.2 Å². The Morgan fingerprint density at radius 3 is 2.80 bits per heavy atom. The number of nitriles is 1. The summed E-state index contributed by atoms with van der Waals surface area (Å²) in [5, 5.41) is 10.2. The number of rotatable bonds is 3. The van der Waals surface area contributed by atoms with Crippen LogP contribution in [0.1, 0.15) is 11.1 Å². The second kappa shape index (κ2) is 5.10. The summed E-state index contributed by atoms with van der Waals surface area (Å²) in [6.07, 6.45) is 2.06. The summed E-state index contributed by atoms with van der Waals surface area (Å²) in [6, 6.07) is 18.0. The lowest BCUT2D eigenvalue weighted by Gasteiger charge is -2.11. The molecule has 0 unspecified atom stereocenters. The smallest absolute Gasteiger partial charge is 0.123 e. The van der Waals surface area contributed by atoms with Gasteiger partial charge in [0.2, 0.25) is 0 Å². The normalized spacial score (nSPS) is 10.4. The van der Waals surface area contributed by atoms with Gasteiger partial charge < -0.3 is 9.30 Å². The van der Waals surface area contributed by atoms with Crippen LogP contribution in [0, 0.1) is 11.3 Å². The van der Waals surface area contributed by atoms with Crippen LogP contribution in [0.5, 0.6) is 5.75 Å². The SMILES string of the molecule is COc1ccc(C#N)cc1Cn1ccc2ccccc21. The maximum absolute atomic E-state index is 9.03. The number of methoxy groups -OCH3 is 1. The first-order valence-electron chi connectivity index (χ1n) is 6.42. The molecule has 0 amide bonds. The third kappa shape index (κ3) is 2.12. The molecule has 0 aliphatic rings. The lowest BCUT2D eigenvalue weighted by atomic mass is 10.1. The largest absolute Gasteiger partial charge is 0.496 e. The van der Waals surface area contributed by atoms with E-state index in [0.717, 1.165) is 11.3 Å². The highest BCUT2D eigenvalue weighted by Gasteiger charge is 2.07. The summed E-state index contributed by atoms with van der Waals surface area (Å²) in [5.41, 5.74) is 2.84. The quantitative estimate of drug-likeness (QED) is 0.723. The van der Waals surface area contributed by atoms with Crippen molar-refractivity contribution in [1.82, 2.24) is 4.57 Å². The van der Waals surface area contributed by atoms with Crippen LogP contribution in [0.2, 0.25) is 0 Å². The van der Waals surface area contributed by atoms with E-state index in [4.69, 9.17) is 10.00 Å². The highest BCUT2D eigenvalue weighted by Crippen LogP contribution is 2.23. The zero-order chi connectivity index (χ0) is 13.9. The minimum absolute atomic E-state index is 0.650. The number of hydrogen-bond donors (Lipinski definition) is 0. The van der Waals surface area contributed by atoms with Crippen molar-refractivity contribution in [3.05, 3.63) is 65.9 Å². The van der Waals surface area contributed by atoms with Gasteiger partial charge in [0.1, 0.15) is 5.75 Å². The van der Waals surface area contributed by atoms with Crippen LogP contribution in [0.25, 0.3) is 10.9 Å². The van der Waals surface area contributed by atoms with Crippen molar-refractivity contribution >= 4 is 10.9 Å². The van der Waals surface area contributed by atoms with E-state index in [9.17, 15) is 0 Å². The van der Waals surface area contributed by atoms with Crippen molar-refractivity contribution in [2.75, 3.05) is 7.11 Å². The van der Waals surface area contributed by atoms with Crippen LogP contribution in [0.4, 0.5) is 0 Å². The molecule has 3 aromatic rings. The van der Waals surface area contributed by atoms with Crippen LogP contribution < -0.4 is 4.74 Å².